The molecular formula is C13H22N2O3S. The second-order valence-electron chi connectivity index (χ2n) is 5.38. The fourth-order valence-corrected chi connectivity index (χ4v) is 3.69. The topological polar surface area (TPSA) is 78.4 Å². The van der Waals surface area contributed by atoms with E-state index >= 15 is 0 Å². The van der Waals surface area contributed by atoms with E-state index in [0.717, 1.165) is 30.9 Å². The lowest BCUT2D eigenvalue weighted by Crippen LogP contribution is -2.44. The van der Waals surface area contributed by atoms with Crippen molar-refractivity contribution in [1.29, 1.82) is 0 Å². The minimum atomic E-state index is -0.701. The molecule has 1 heterocycles. The van der Waals surface area contributed by atoms with Crippen molar-refractivity contribution >= 4 is 23.6 Å². The standard InChI is InChI=1S/C13H22N2O3S/c16-12(7-11-8-19-6-5-14-11)15-10-3-1-9(2-4-10)13(17)18/h9-11,14H,1-8H2,(H,15,16)(H,17,18). The Hall–Kier alpha value is -0.750. The zero-order valence-corrected chi connectivity index (χ0v) is 11.9. The van der Waals surface area contributed by atoms with Gasteiger partial charge in [0.15, 0.2) is 0 Å². The molecule has 1 aliphatic carbocycles. The normalized spacial score (nSPS) is 31.7. The summed E-state index contributed by atoms with van der Waals surface area (Å²) in [5.74, 6) is 1.30. The summed E-state index contributed by atoms with van der Waals surface area (Å²) in [5.41, 5.74) is 0. The first-order valence-corrected chi connectivity index (χ1v) is 8.14. The summed E-state index contributed by atoms with van der Waals surface area (Å²) in [5, 5.41) is 15.3. The molecule has 0 radical (unpaired) electrons. The summed E-state index contributed by atoms with van der Waals surface area (Å²) < 4.78 is 0. The van der Waals surface area contributed by atoms with Crippen molar-refractivity contribution in [2.45, 2.75) is 44.2 Å². The highest BCUT2D eigenvalue weighted by molar-refractivity contribution is 7.99. The van der Waals surface area contributed by atoms with Crippen molar-refractivity contribution in [3.8, 4) is 0 Å². The van der Waals surface area contributed by atoms with Gasteiger partial charge < -0.3 is 15.7 Å². The Labute approximate surface area is 117 Å². The number of aliphatic carboxylic acids is 1. The van der Waals surface area contributed by atoms with Crippen LogP contribution in [0.25, 0.3) is 0 Å². The Balaban J connectivity index is 1.67. The Morgan fingerprint density at radius 1 is 1.26 bits per heavy atom. The van der Waals surface area contributed by atoms with Gasteiger partial charge in [-0.15, -0.1) is 0 Å². The predicted octanol–water partition coefficient (Wildman–Crippen LogP) is 0.841. The highest BCUT2D eigenvalue weighted by atomic mass is 32.2. The van der Waals surface area contributed by atoms with Gasteiger partial charge >= 0.3 is 5.97 Å². The first-order chi connectivity index (χ1) is 9.15. The van der Waals surface area contributed by atoms with Crippen LogP contribution in [0.3, 0.4) is 0 Å². The van der Waals surface area contributed by atoms with Gasteiger partial charge in [-0.1, -0.05) is 0 Å². The van der Waals surface area contributed by atoms with Gasteiger partial charge in [0.25, 0.3) is 0 Å². The molecule has 19 heavy (non-hydrogen) atoms. The van der Waals surface area contributed by atoms with Gasteiger partial charge in [0.1, 0.15) is 0 Å². The van der Waals surface area contributed by atoms with Crippen LogP contribution in [0.5, 0.6) is 0 Å². The summed E-state index contributed by atoms with van der Waals surface area (Å²) in [6, 6.07) is 0.452. The predicted molar refractivity (Wildman–Crippen MR) is 75.3 cm³/mol. The second kappa shape index (κ2) is 7.14. The molecule has 108 valence electrons. The third kappa shape index (κ3) is 4.69. The third-order valence-electron chi connectivity index (χ3n) is 3.87. The van der Waals surface area contributed by atoms with Gasteiger partial charge in [0.2, 0.25) is 5.91 Å². The zero-order valence-electron chi connectivity index (χ0n) is 11.1. The summed E-state index contributed by atoms with van der Waals surface area (Å²) in [7, 11) is 0. The Kier molecular flexibility index (Phi) is 5.51. The largest absolute Gasteiger partial charge is 0.481 e. The van der Waals surface area contributed by atoms with Crippen LogP contribution in [-0.4, -0.2) is 47.1 Å². The number of carbonyl (C=O) groups is 2. The van der Waals surface area contributed by atoms with Gasteiger partial charge in [-0.3, -0.25) is 9.59 Å². The van der Waals surface area contributed by atoms with Crippen LogP contribution in [-0.2, 0) is 9.59 Å². The Morgan fingerprint density at radius 2 is 2.00 bits per heavy atom. The number of amides is 1. The van der Waals surface area contributed by atoms with E-state index in [1.165, 1.54) is 0 Å². The van der Waals surface area contributed by atoms with E-state index in [1.807, 2.05) is 11.8 Å². The van der Waals surface area contributed by atoms with Crippen LogP contribution < -0.4 is 10.6 Å². The average Bonchev–Trinajstić information content (AvgIpc) is 2.40. The number of hydrogen-bond acceptors (Lipinski definition) is 4. The van der Waals surface area contributed by atoms with Crippen molar-refractivity contribution in [2.24, 2.45) is 5.92 Å². The molecule has 1 saturated carbocycles. The number of carbonyl (C=O) groups excluding carboxylic acids is 1. The maximum atomic E-state index is 11.9. The van der Waals surface area contributed by atoms with Crippen LogP contribution >= 0.6 is 11.8 Å². The van der Waals surface area contributed by atoms with Gasteiger partial charge in [-0.05, 0) is 25.7 Å². The van der Waals surface area contributed by atoms with Crippen LogP contribution in [0, 0.1) is 5.92 Å². The molecule has 1 unspecified atom stereocenters. The first kappa shape index (κ1) is 14.7. The van der Waals surface area contributed by atoms with Crippen molar-refractivity contribution < 1.29 is 14.7 Å². The van der Waals surface area contributed by atoms with Gasteiger partial charge in [0.05, 0.1) is 5.92 Å². The molecule has 1 aliphatic heterocycles. The van der Waals surface area contributed by atoms with E-state index in [2.05, 4.69) is 10.6 Å². The number of rotatable bonds is 4. The minimum Gasteiger partial charge on any atom is -0.481 e. The molecule has 0 aromatic heterocycles. The van der Waals surface area contributed by atoms with Crippen LogP contribution in [0.4, 0.5) is 0 Å². The smallest absolute Gasteiger partial charge is 0.306 e. The monoisotopic (exact) mass is 286 g/mol. The van der Waals surface area contributed by atoms with Crippen LogP contribution in [0.1, 0.15) is 32.1 Å². The van der Waals surface area contributed by atoms with E-state index in [4.69, 9.17) is 5.11 Å². The SMILES string of the molecule is O=C(CC1CSCCN1)NC1CCC(C(=O)O)CC1. The summed E-state index contributed by atoms with van der Waals surface area (Å²) >= 11 is 1.89. The maximum absolute atomic E-state index is 11.9. The first-order valence-electron chi connectivity index (χ1n) is 6.98. The molecule has 0 aromatic rings. The molecule has 2 fully saturated rings. The summed E-state index contributed by atoms with van der Waals surface area (Å²) in [6.45, 7) is 0.979. The second-order valence-corrected chi connectivity index (χ2v) is 6.53. The van der Waals surface area contributed by atoms with Gasteiger partial charge in [0, 0.05) is 36.6 Å². The number of thioether (sulfide) groups is 1. The molecule has 0 spiro atoms. The van der Waals surface area contributed by atoms with Crippen molar-refractivity contribution in [3.05, 3.63) is 0 Å². The molecule has 1 amide bonds. The molecule has 2 aliphatic rings. The Bertz CT molecular complexity index is 324. The molecule has 5 nitrogen and oxygen atoms in total. The van der Waals surface area contributed by atoms with Crippen molar-refractivity contribution in [2.75, 3.05) is 18.1 Å². The molecule has 0 bridgehead atoms. The third-order valence-corrected chi connectivity index (χ3v) is 5.00. The van der Waals surface area contributed by atoms with E-state index in [9.17, 15) is 9.59 Å². The van der Waals surface area contributed by atoms with Crippen molar-refractivity contribution in [1.82, 2.24) is 10.6 Å². The minimum absolute atomic E-state index is 0.0961. The quantitative estimate of drug-likeness (QED) is 0.714. The summed E-state index contributed by atoms with van der Waals surface area (Å²) in [6.07, 6.45) is 3.46. The number of carboxylic acids is 1. The fraction of sp³-hybridized carbons (Fsp3) is 0.846. The number of carboxylic acid groups (broad SMARTS) is 1. The maximum Gasteiger partial charge on any atom is 0.306 e. The molecule has 3 N–H and O–H groups in total. The van der Waals surface area contributed by atoms with E-state index < -0.39 is 5.97 Å². The lowest BCUT2D eigenvalue weighted by atomic mass is 9.86. The van der Waals surface area contributed by atoms with Crippen LogP contribution in [0.15, 0.2) is 0 Å². The molecule has 1 saturated heterocycles. The zero-order chi connectivity index (χ0) is 13.7. The highest BCUT2D eigenvalue weighted by Crippen LogP contribution is 2.24. The summed E-state index contributed by atoms with van der Waals surface area (Å²) in [4.78, 5) is 22.8. The lowest BCUT2D eigenvalue weighted by Gasteiger charge is -2.28. The highest BCUT2D eigenvalue weighted by Gasteiger charge is 2.27. The van der Waals surface area contributed by atoms with E-state index in [1.54, 1.807) is 0 Å². The van der Waals surface area contributed by atoms with Gasteiger partial charge in [-0.25, -0.2) is 0 Å². The molecule has 0 aromatic carbocycles. The molecular weight excluding hydrogens is 264 g/mol. The Morgan fingerprint density at radius 3 is 2.58 bits per heavy atom. The van der Waals surface area contributed by atoms with E-state index in [0.29, 0.717) is 19.3 Å². The fourth-order valence-electron chi connectivity index (χ4n) is 2.75. The molecule has 2 rings (SSSR count). The van der Waals surface area contributed by atoms with Gasteiger partial charge in [-0.2, -0.15) is 11.8 Å². The number of hydrogen-bond donors (Lipinski definition) is 3. The van der Waals surface area contributed by atoms with Crippen molar-refractivity contribution in [3.63, 3.8) is 0 Å². The lowest BCUT2D eigenvalue weighted by molar-refractivity contribution is -0.142. The molecule has 1 atom stereocenters. The number of nitrogens with one attached hydrogen (secondary N) is 2. The van der Waals surface area contributed by atoms with Crippen LogP contribution in [0.2, 0.25) is 0 Å². The average molecular weight is 286 g/mol. The molecule has 6 heteroatoms. The van der Waals surface area contributed by atoms with E-state index in [-0.39, 0.29) is 23.9 Å².